The number of aromatic nitrogens is 1. The predicted octanol–water partition coefficient (Wildman–Crippen LogP) is 4.30. The average Bonchev–Trinajstić information content (AvgIpc) is 2.74. The van der Waals surface area contributed by atoms with Gasteiger partial charge >= 0.3 is 0 Å². The fourth-order valence-corrected chi connectivity index (χ4v) is 2.92. The molecule has 0 spiro atoms. The number of benzene rings is 1. The first-order valence-electron chi connectivity index (χ1n) is 6.96. The third-order valence-electron chi connectivity index (χ3n) is 3.48. The second-order valence-electron chi connectivity index (χ2n) is 6.34. The molecule has 0 aliphatic heterocycles. The molecule has 4 heteroatoms. The van der Waals surface area contributed by atoms with Crippen LogP contribution in [-0.4, -0.2) is 10.5 Å². The van der Waals surface area contributed by atoms with Gasteiger partial charge in [-0.05, 0) is 33.0 Å². The summed E-state index contributed by atoms with van der Waals surface area (Å²) in [7, 11) is 1.87. The molecule has 0 radical (unpaired) electrons. The predicted molar refractivity (Wildman–Crippen MR) is 89.2 cm³/mol. The molecule has 3 nitrogen and oxygen atoms in total. The van der Waals surface area contributed by atoms with Gasteiger partial charge in [-0.2, -0.15) is 0 Å². The molecule has 0 saturated carbocycles. The van der Waals surface area contributed by atoms with E-state index in [-0.39, 0.29) is 17.4 Å². The van der Waals surface area contributed by atoms with Crippen LogP contribution in [0, 0.1) is 5.41 Å². The van der Waals surface area contributed by atoms with Gasteiger partial charge in [0, 0.05) is 17.7 Å². The molecule has 21 heavy (non-hydrogen) atoms. The monoisotopic (exact) mass is 348 g/mol. The minimum absolute atomic E-state index is 0.0418. The Morgan fingerprint density at radius 3 is 2.33 bits per heavy atom. The van der Waals surface area contributed by atoms with Gasteiger partial charge in [0.1, 0.15) is 5.69 Å². The summed E-state index contributed by atoms with van der Waals surface area (Å²) in [6, 6.07) is 11.9. The third kappa shape index (κ3) is 3.76. The van der Waals surface area contributed by atoms with E-state index >= 15 is 0 Å². The van der Waals surface area contributed by atoms with Gasteiger partial charge in [0.05, 0.1) is 6.04 Å². The molecule has 1 atom stereocenters. The van der Waals surface area contributed by atoms with Crippen LogP contribution in [0.2, 0.25) is 0 Å². The molecule has 0 bridgehead atoms. The summed E-state index contributed by atoms with van der Waals surface area (Å²) in [6.45, 7) is 6.39. The van der Waals surface area contributed by atoms with Crippen molar-refractivity contribution in [2.75, 3.05) is 0 Å². The fraction of sp³-hybridized carbons (Fsp3) is 0.353. The first-order chi connectivity index (χ1) is 9.79. The van der Waals surface area contributed by atoms with Gasteiger partial charge in [0.25, 0.3) is 5.91 Å². The highest BCUT2D eigenvalue weighted by Gasteiger charge is 2.28. The molecule has 1 heterocycles. The largest absolute Gasteiger partial charge is 0.345 e. The van der Waals surface area contributed by atoms with Crippen LogP contribution in [0.3, 0.4) is 0 Å². The van der Waals surface area contributed by atoms with Crippen molar-refractivity contribution in [2.45, 2.75) is 26.8 Å². The third-order valence-corrected chi connectivity index (χ3v) is 3.91. The Morgan fingerprint density at radius 2 is 1.86 bits per heavy atom. The van der Waals surface area contributed by atoms with Crippen molar-refractivity contribution < 1.29 is 4.79 Å². The normalized spacial score (nSPS) is 13.0. The van der Waals surface area contributed by atoms with E-state index in [9.17, 15) is 4.79 Å². The van der Waals surface area contributed by atoms with Gasteiger partial charge < -0.3 is 9.88 Å². The number of aryl methyl sites for hydroxylation is 1. The van der Waals surface area contributed by atoms with Gasteiger partial charge in [0.15, 0.2) is 0 Å². The first-order valence-corrected chi connectivity index (χ1v) is 7.76. The van der Waals surface area contributed by atoms with Gasteiger partial charge in [0.2, 0.25) is 0 Å². The number of amides is 1. The van der Waals surface area contributed by atoms with Crippen LogP contribution >= 0.6 is 15.9 Å². The van der Waals surface area contributed by atoms with Crippen LogP contribution in [0.15, 0.2) is 47.1 Å². The Balaban J connectivity index is 2.28. The van der Waals surface area contributed by atoms with Crippen LogP contribution in [0.5, 0.6) is 0 Å². The van der Waals surface area contributed by atoms with E-state index in [2.05, 4.69) is 54.2 Å². The summed E-state index contributed by atoms with van der Waals surface area (Å²) >= 11 is 3.40. The van der Waals surface area contributed by atoms with Crippen molar-refractivity contribution >= 4 is 21.8 Å². The van der Waals surface area contributed by atoms with E-state index in [1.807, 2.05) is 42.1 Å². The quantitative estimate of drug-likeness (QED) is 0.881. The number of hydrogen-bond donors (Lipinski definition) is 1. The van der Waals surface area contributed by atoms with E-state index in [0.29, 0.717) is 5.69 Å². The van der Waals surface area contributed by atoms with Crippen molar-refractivity contribution in [1.82, 2.24) is 9.88 Å². The van der Waals surface area contributed by atoms with E-state index in [1.54, 1.807) is 0 Å². The highest BCUT2D eigenvalue weighted by Crippen LogP contribution is 2.33. The summed E-state index contributed by atoms with van der Waals surface area (Å²) in [5, 5.41) is 3.16. The smallest absolute Gasteiger partial charge is 0.268 e. The number of carbonyl (C=O) groups excluding carboxylic acids is 1. The van der Waals surface area contributed by atoms with Gasteiger partial charge in [-0.15, -0.1) is 0 Å². The van der Waals surface area contributed by atoms with Crippen molar-refractivity contribution in [3.8, 4) is 0 Å². The van der Waals surface area contributed by atoms with Crippen LogP contribution in [0.25, 0.3) is 0 Å². The molecular weight excluding hydrogens is 328 g/mol. The molecule has 0 aliphatic rings. The van der Waals surface area contributed by atoms with Gasteiger partial charge in [-0.1, -0.05) is 51.1 Å². The lowest BCUT2D eigenvalue weighted by Gasteiger charge is -2.32. The zero-order valence-corrected chi connectivity index (χ0v) is 14.4. The van der Waals surface area contributed by atoms with Crippen molar-refractivity contribution in [3.05, 3.63) is 58.3 Å². The molecule has 112 valence electrons. The second-order valence-corrected chi connectivity index (χ2v) is 7.25. The number of nitrogens with zero attached hydrogens (tertiary/aromatic N) is 1. The minimum Gasteiger partial charge on any atom is -0.345 e. The summed E-state index contributed by atoms with van der Waals surface area (Å²) < 4.78 is 2.73. The van der Waals surface area contributed by atoms with Crippen LogP contribution in [-0.2, 0) is 7.05 Å². The van der Waals surface area contributed by atoms with Crippen LogP contribution in [0.4, 0.5) is 0 Å². The Labute approximate surface area is 134 Å². The molecule has 1 aromatic carbocycles. The van der Waals surface area contributed by atoms with Crippen molar-refractivity contribution in [3.63, 3.8) is 0 Å². The van der Waals surface area contributed by atoms with Crippen molar-refractivity contribution in [2.24, 2.45) is 12.5 Å². The molecule has 0 aliphatic carbocycles. The van der Waals surface area contributed by atoms with E-state index in [1.165, 1.54) is 0 Å². The molecule has 2 aromatic rings. The lowest BCUT2D eigenvalue weighted by molar-refractivity contribution is 0.0893. The van der Waals surface area contributed by atoms with E-state index in [0.717, 1.165) is 10.0 Å². The summed E-state index contributed by atoms with van der Waals surface area (Å²) in [5.41, 5.74) is 1.69. The fourth-order valence-electron chi connectivity index (χ4n) is 2.40. The minimum atomic E-state index is -0.0700. The number of rotatable bonds is 3. The number of nitrogens with one attached hydrogen (secondary N) is 1. The molecular formula is C17H21BrN2O. The SMILES string of the molecule is Cn1cc(Br)cc1C(=O)NC(c1ccccc1)C(C)(C)C. The van der Waals surface area contributed by atoms with Crippen LogP contribution < -0.4 is 5.32 Å². The molecule has 1 N–H and O–H groups in total. The molecule has 1 aromatic heterocycles. The molecule has 2 rings (SSSR count). The Bertz CT molecular complexity index is 626. The topological polar surface area (TPSA) is 34.0 Å². The van der Waals surface area contributed by atoms with Gasteiger partial charge in [-0.25, -0.2) is 0 Å². The lowest BCUT2D eigenvalue weighted by Crippen LogP contribution is -2.37. The molecule has 0 fully saturated rings. The van der Waals surface area contributed by atoms with Crippen molar-refractivity contribution in [1.29, 1.82) is 0 Å². The zero-order chi connectivity index (χ0) is 15.6. The maximum atomic E-state index is 12.6. The zero-order valence-electron chi connectivity index (χ0n) is 12.9. The Hall–Kier alpha value is -1.55. The molecule has 1 amide bonds. The van der Waals surface area contributed by atoms with E-state index in [4.69, 9.17) is 0 Å². The number of hydrogen-bond acceptors (Lipinski definition) is 1. The highest BCUT2D eigenvalue weighted by molar-refractivity contribution is 9.10. The Morgan fingerprint density at radius 1 is 1.24 bits per heavy atom. The first kappa shape index (κ1) is 15.8. The number of carbonyl (C=O) groups is 1. The van der Waals surface area contributed by atoms with E-state index < -0.39 is 0 Å². The maximum absolute atomic E-state index is 12.6. The number of halogens is 1. The molecule has 0 saturated heterocycles. The highest BCUT2D eigenvalue weighted by atomic mass is 79.9. The Kier molecular flexibility index (Phi) is 4.57. The summed E-state index contributed by atoms with van der Waals surface area (Å²) in [4.78, 5) is 12.6. The maximum Gasteiger partial charge on any atom is 0.268 e. The summed E-state index contributed by atoms with van der Waals surface area (Å²) in [5.74, 6) is -0.0630. The second kappa shape index (κ2) is 6.06. The van der Waals surface area contributed by atoms with Gasteiger partial charge in [-0.3, -0.25) is 4.79 Å². The molecule has 1 unspecified atom stereocenters. The standard InChI is InChI=1S/C17H21BrN2O/c1-17(2,3)15(12-8-6-5-7-9-12)19-16(21)14-10-13(18)11-20(14)4/h5-11,15H,1-4H3,(H,19,21). The average molecular weight is 349 g/mol. The lowest BCUT2D eigenvalue weighted by atomic mass is 9.82. The van der Waals surface area contributed by atoms with Crippen LogP contribution in [0.1, 0.15) is 42.9 Å². The summed E-state index contributed by atoms with van der Waals surface area (Å²) in [6.07, 6.45) is 1.88.